The van der Waals surface area contributed by atoms with Gasteiger partial charge >= 0.3 is 0 Å². The molecule has 1 heterocycles. The average Bonchev–Trinajstić information content (AvgIpc) is 2.40. The molecule has 1 aromatic heterocycles. The van der Waals surface area contributed by atoms with Crippen molar-refractivity contribution >= 4 is 51.5 Å². The highest BCUT2D eigenvalue weighted by molar-refractivity contribution is 6.47. The van der Waals surface area contributed by atoms with Crippen molar-refractivity contribution in [3.05, 3.63) is 32.8 Å². The maximum absolute atomic E-state index is 6.33. The highest BCUT2D eigenvalue weighted by Crippen LogP contribution is 2.39. The Morgan fingerprint density at radius 3 is 2.33 bits per heavy atom. The minimum Gasteiger partial charge on any atom is -0.370 e. The van der Waals surface area contributed by atoms with E-state index in [4.69, 9.17) is 39.8 Å². The topological polar surface area (TPSA) is 24.9 Å². The van der Waals surface area contributed by atoms with Gasteiger partial charge in [0.05, 0.1) is 20.6 Å². The maximum Gasteiger partial charge on any atom is 0.130 e. The Morgan fingerprint density at radius 1 is 1.10 bits per heavy atom. The van der Waals surface area contributed by atoms with E-state index in [0.717, 1.165) is 29.7 Å². The van der Waals surface area contributed by atoms with E-state index in [1.807, 2.05) is 6.07 Å². The lowest BCUT2D eigenvalue weighted by atomic mass is 9.86. The summed E-state index contributed by atoms with van der Waals surface area (Å²) in [5.41, 5.74) is 1.72. The number of benzene rings is 1. The van der Waals surface area contributed by atoms with Crippen LogP contribution in [-0.2, 0) is 5.41 Å². The molecule has 0 fully saturated rings. The molecule has 2 rings (SSSR count). The molecule has 0 aliphatic rings. The lowest BCUT2D eigenvalue weighted by molar-refractivity contribution is 0.590. The molecule has 0 radical (unpaired) electrons. The predicted octanol–water partition coefficient (Wildman–Crippen LogP) is 6.31. The zero-order valence-corrected chi connectivity index (χ0v) is 14.9. The third-order valence-corrected chi connectivity index (χ3v) is 4.39. The van der Waals surface area contributed by atoms with Gasteiger partial charge in [0, 0.05) is 17.5 Å². The summed E-state index contributed by atoms with van der Waals surface area (Å²) in [6.07, 6.45) is 1.03. The molecule has 0 aliphatic heterocycles. The van der Waals surface area contributed by atoms with E-state index in [1.165, 1.54) is 0 Å². The second-order valence-electron chi connectivity index (χ2n) is 6.11. The number of fused-ring (bicyclic) bond motifs is 1. The molecule has 2 aromatic rings. The van der Waals surface area contributed by atoms with E-state index < -0.39 is 0 Å². The molecule has 0 bridgehead atoms. The van der Waals surface area contributed by atoms with Gasteiger partial charge in [-0.1, -0.05) is 62.5 Å². The lowest BCUT2D eigenvalue weighted by Crippen LogP contribution is -2.16. The van der Waals surface area contributed by atoms with Crippen molar-refractivity contribution in [2.24, 2.45) is 0 Å². The van der Waals surface area contributed by atoms with Crippen molar-refractivity contribution in [1.29, 1.82) is 0 Å². The van der Waals surface area contributed by atoms with E-state index in [0.29, 0.717) is 20.6 Å². The second kappa shape index (κ2) is 6.20. The second-order valence-corrected chi connectivity index (χ2v) is 7.30. The fraction of sp³-hybridized carbons (Fsp3) is 0.438. The summed E-state index contributed by atoms with van der Waals surface area (Å²) in [5, 5.41) is 5.63. The molecule has 2 nitrogen and oxygen atoms in total. The first kappa shape index (κ1) is 16.7. The van der Waals surface area contributed by atoms with E-state index in [-0.39, 0.29) is 5.41 Å². The first-order chi connectivity index (χ1) is 9.75. The van der Waals surface area contributed by atoms with Crippen LogP contribution in [0.15, 0.2) is 12.1 Å². The fourth-order valence-corrected chi connectivity index (χ4v) is 2.90. The largest absolute Gasteiger partial charge is 0.370 e. The van der Waals surface area contributed by atoms with Gasteiger partial charge in [-0.25, -0.2) is 4.98 Å². The molecule has 21 heavy (non-hydrogen) atoms. The molecule has 5 heteroatoms. The van der Waals surface area contributed by atoms with Crippen LogP contribution >= 0.6 is 34.8 Å². The summed E-state index contributed by atoms with van der Waals surface area (Å²) in [4.78, 5) is 4.69. The van der Waals surface area contributed by atoms with Gasteiger partial charge in [0.15, 0.2) is 0 Å². The first-order valence-electron chi connectivity index (χ1n) is 6.98. The van der Waals surface area contributed by atoms with Crippen LogP contribution < -0.4 is 5.32 Å². The van der Waals surface area contributed by atoms with Crippen molar-refractivity contribution in [3.8, 4) is 0 Å². The molecule has 0 saturated carbocycles. The molecule has 0 amide bonds. The molecule has 0 saturated heterocycles. The molecule has 0 atom stereocenters. The minimum atomic E-state index is -0.0601. The van der Waals surface area contributed by atoms with Gasteiger partial charge in [0.2, 0.25) is 0 Å². The van der Waals surface area contributed by atoms with Crippen LogP contribution in [0.2, 0.25) is 15.1 Å². The zero-order chi connectivity index (χ0) is 15.8. The lowest BCUT2D eigenvalue weighted by Gasteiger charge is -2.24. The molecule has 1 N–H and O–H groups in total. The van der Waals surface area contributed by atoms with Crippen LogP contribution in [-0.4, -0.2) is 11.5 Å². The van der Waals surface area contributed by atoms with Crippen molar-refractivity contribution in [1.82, 2.24) is 4.98 Å². The smallest absolute Gasteiger partial charge is 0.130 e. The number of nitrogens with one attached hydrogen (secondary N) is 1. The standard InChI is InChI=1S/C16H19Cl3N2/c1-5-6-20-15-10(16(2,3)4)7-9-13(19)11(17)8-12(18)14(9)21-15/h7-8H,5-6H2,1-4H3,(H,20,21). The Balaban J connectivity index is 2.77. The maximum atomic E-state index is 6.33. The number of nitrogens with zero attached hydrogens (tertiary/aromatic N) is 1. The van der Waals surface area contributed by atoms with Gasteiger partial charge in [0.1, 0.15) is 5.82 Å². The highest BCUT2D eigenvalue weighted by Gasteiger charge is 2.22. The molecule has 0 spiro atoms. The summed E-state index contributed by atoms with van der Waals surface area (Å²) in [5.74, 6) is 0.858. The highest BCUT2D eigenvalue weighted by atomic mass is 35.5. The van der Waals surface area contributed by atoms with Crippen LogP contribution in [0.5, 0.6) is 0 Å². The van der Waals surface area contributed by atoms with E-state index in [1.54, 1.807) is 6.07 Å². The molecule has 0 unspecified atom stereocenters. The van der Waals surface area contributed by atoms with Crippen molar-refractivity contribution < 1.29 is 0 Å². The van der Waals surface area contributed by atoms with Crippen molar-refractivity contribution in [3.63, 3.8) is 0 Å². The first-order valence-corrected chi connectivity index (χ1v) is 8.11. The van der Waals surface area contributed by atoms with Crippen LogP contribution in [0.3, 0.4) is 0 Å². The number of aromatic nitrogens is 1. The molecule has 114 valence electrons. The third kappa shape index (κ3) is 3.39. The van der Waals surface area contributed by atoms with Gasteiger partial charge in [-0.3, -0.25) is 0 Å². The average molecular weight is 346 g/mol. The van der Waals surface area contributed by atoms with E-state index in [2.05, 4.69) is 33.0 Å². The summed E-state index contributed by atoms with van der Waals surface area (Å²) >= 11 is 18.7. The van der Waals surface area contributed by atoms with Crippen LogP contribution in [0, 0.1) is 0 Å². The Morgan fingerprint density at radius 2 is 1.76 bits per heavy atom. The van der Waals surface area contributed by atoms with Gasteiger partial charge in [-0.05, 0) is 24.0 Å². The molecule has 1 aromatic carbocycles. The Bertz CT molecular complexity index is 676. The predicted molar refractivity (Wildman–Crippen MR) is 94.3 cm³/mol. The summed E-state index contributed by atoms with van der Waals surface area (Å²) in [6, 6.07) is 3.68. The van der Waals surface area contributed by atoms with Crippen molar-refractivity contribution in [2.75, 3.05) is 11.9 Å². The quantitative estimate of drug-likeness (QED) is 0.659. The van der Waals surface area contributed by atoms with Gasteiger partial charge < -0.3 is 5.32 Å². The number of rotatable bonds is 3. The van der Waals surface area contributed by atoms with Crippen molar-refractivity contribution in [2.45, 2.75) is 39.5 Å². The van der Waals surface area contributed by atoms with Crippen LogP contribution in [0.4, 0.5) is 5.82 Å². The molecule has 0 aliphatic carbocycles. The normalized spacial score (nSPS) is 12.0. The third-order valence-electron chi connectivity index (χ3n) is 3.30. The molecular formula is C16H19Cl3N2. The Hall–Kier alpha value is -0.700. The van der Waals surface area contributed by atoms with E-state index >= 15 is 0 Å². The zero-order valence-electron chi connectivity index (χ0n) is 12.7. The SMILES string of the molecule is CCCNc1nc2c(Cl)cc(Cl)c(Cl)c2cc1C(C)(C)C. The Kier molecular flexibility index (Phi) is 4.92. The van der Waals surface area contributed by atoms with Crippen LogP contribution in [0.25, 0.3) is 10.9 Å². The number of hydrogen-bond acceptors (Lipinski definition) is 2. The Labute approximate surface area is 140 Å². The summed E-state index contributed by atoms with van der Waals surface area (Å²) < 4.78 is 0. The number of halogens is 3. The van der Waals surface area contributed by atoms with Crippen LogP contribution in [0.1, 0.15) is 39.7 Å². The van der Waals surface area contributed by atoms with Gasteiger partial charge in [0.25, 0.3) is 0 Å². The molecular weight excluding hydrogens is 327 g/mol. The number of pyridine rings is 1. The summed E-state index contributed by atoms with van der Waals surface area (Å²) in [6.45, 7) is 9.42. The van der Waals surface area contributed by atoms with E-state index in [9.17, 15) is 0 Å². The minimum absolute atomic E-state index is 0.0601. The summed E-state index contributed by atoms with van der Waals surface area (Å²) in [7, 11) is 0. The number of anilines is 1. The van der Waals surface area contributed by atoms with Gasteiger partial charge in [-0.15, -0.1) is 0 Å². The number of hydrogen-bond donors (Lipinski definition) is 1. The fourth-order valence-electron chi connectivity index (χ4n) is 2.18. The van der Waals surface area contributed by atoms with Gasteiger partial charge in [-0.2, -0.15) is 0 Å². The monoisotopic (exact) mass is 344 g/mol.